The van der Waals surface area contributed by atoms with Gasteiger partial charge in [-0.15, -0.1) is 0 Å². The first-order chi connectivity index (χ1) is 16.9. The van der Waals surface area contributed by atoms with Gasteiger partial charge in [0.2, 0.25) is 0 Å². The van der Waals surface area contributed by atoms with Crippen LogP contribution in [0, 0.1) is 5.41 Å². The zero-order valence-corrected chi connectivity index (χ0v) is 27.1. The second-order valence-corrected chi connectivity index (χ2v) is 22.7. The number of hydrogen-bond donors (Lipinski definition) is 0. The van der Waals surface area contributed by atoms with E-state index in [2.05, 4.69) is 103 Å². The number of esters is 1. The molecule has 0 heterocycles. The first-order valence-electron chi connectivity index (χ1n) is 13.5. The van der Waals surface area contributed by atoms with Crippen LogP contribution in [-0.4, -0.2) is 41.9 Å². The predicted molar refractivity (Wildman–Crippen MR) is 161 cm³/mol. The van der Waals surface area contributed by atoms with E-state index in [4.69, 9.17) is 13.6 Å². The maximum atomic E-state index is 12.7. The van der Waals surface area contributed by atoms with Crippen LogP contribution < -0.4 is 10.4 Å². The highest BCUT2D eigenvalue weighted by molar-refractivity contribution is 6.99. The molecule has 0 bridgehead atoms. The lowest BCUT2D eigenvalue weighted by Crippen LogP contribution is -2.68. The van der Waals surface area contributed by atoms with E-state index in [-0.39, 0.29) is 28.8 Å². The van der Waals surface area contributed by atoms with Crippen molar-refractivity contribution in [2.75, 3.05) is 13.2 Å². The molecule has 206 valence electrons. The van der Waals surface area contributed by atoms with Crippen molar-refractivity contribution in [3.8, 4) is 0 Å². The summed E-state index contributed by atoms with van der Waals surface area (Å²) in [5.41, 5.74) is -0.570. The molecule has 0 saturated carbocycles. The highest BCUT2D eigenvalue weighted by Crippen LogP contribution is 2.39. The van der Waals surface area contributed by atoms with Crippen molar-refractivity contribution < 1.29 is 18.4 Å². The van der Waals surface area contributed by atoms with Crippen LogP contribution >= 0.6 is 0 Å². The fraction of sp³-hybridized carbons (Fsp3) is 0.581. The molecular formula is C31H50O4Si2. The lowest BCUT2D eigenvalue weighted by molar-refractivity contribution is -0.155. The number of benzene rings is 2. The summed E-state index contributed by atoms with van der Waals surface area (Å²) in [7, 11) is -4.72. The molecule has 0 radical (unpaired) electrons. The van der Waals surface area contributed by atoms with Crippen LogP contribution in [0.3, 0.4) is 0 Å². The Hall–Kier alpha value is -1.74. The van der Waals surface area contributed by atoms with Gasteiger partial charge in [-0.25, -0.2) is 0 Å². The summed E-state index contributed by atoms with van der Waals surface area (Å²) < 4.78 is 19.7. The van der Waals surface area contributed by atoms with E-state index >= 15 is 0 Å². The minimum Gasteiger partial charge on any atom is -0.463 e. The zero-order chi connectivity index (χ0) is 28.1. The van der Waals surface area contributed by atoms with Crippen molar-refractivity contribution in [1.82, 2.24) is 0 Å². The van der Waals surface area contributed by atoms with E-state index < -0.39 is 22.0 Å². The van der Waals surface area contributed by atoms with Crippen molar-refractivity contribution in [2.45, 2.75) is 98.0 Å². The molecule has 0 fully saturated rings. The van der Waals surface area contributed by atoms with Crippen LogP contribution in [0.4, 0.5) is 0 Å². The molecule has 2 aromatic rings. The lowest BCUT2D eigenvalue weighted by atomic mass is 9.97. The van der Waals surface area contributed by atoms with E-state index in [1.54, 1.807) is 0 Å². The summed E-state index contributed by atoms with van der Waals surface area (Å²) >= 11 is 0. The SMILES string of the molecule is CC(C)(C)C(=O)OC[C@H](CCO[Si](C)(C)C(C)(C)C)O[Si](c1ccccc1)(c1ccccc1)C(C)(C)C. The highest BCUT2D eigenvalue weighted by Gasteiger charge is 2.51. The largest absolute Gasteiger partial charge is 0.463 e. The van der Waals surface area contributed by atoms with Gasteiger partial charge in [0.15, 0.2) is 8.32 Å². The Labute approximate surface area is 228 Å². The summed E-state index contributed by atoms with van der Waals surface area (Å²) in [6.45, 7) is 24.5. The maximum Gasteiger partial charge on any atom is 0.311 e. The molecule has 6 heteroatoms. The van der Waals surface area contributed by atoms with Crippen LogP contribution in [0.25, 0.3) is 0 Å². The van der Waals surface area contributed by atoms with Crippen molar-refractivity contribution in [3.63, 3.8) is 0 Å². The molecule has 37 heavy (non-hydrogen) atoms. The van der Waals surface area contributed by atoms with Gasteiger partial charge >= 0.3 is 5.97 Å². The van der Waals surface area contributed by atoms with Crippen molar-refractivity contribution in [2.24, 2.45) is 5.41 Å². The standard InChI is InChI=1S/C31H50O4Si2/c1-29(2,3)28(32)33-24-25(22-23-34-36(10,11)30(4,5)6)35-37(31(7,8)9,26-18-14-12-15-19-26)27-20-16-13-17-21-27/h12-21,25H,22-24H2,1-11H3/t25-/m0/s1. The van der Waals surface area contributed by atoms with Crippen LogP contribution in [0.5, 0.6) is 0 Å². The maximum absolute atomic E-state index is 12.7. The van der Waals surface area contributed by atoms with Gasteiger partial charge in [-0.05, 0) is 60.7 Å². The number of hydrogen-bond acceptors (Lipinski definition) is 4. The molecular weight excluding hydrogens is 493 g/mol. The molecule has 0 unspecified atom stereocenters. The molecule has 0 aromatic heterocycles. The molecule has 0 aliphatic rings. The van der Waals surface area contributed by atoms with Crippen LogP contribution in [-0.2, 0) is 18.4 Å². The number of rotatable bonds is 10. The van der Waals surface area contributed by atoms with Crippen LogP contribution in [0.15, 0.2) is 60.7 Å². The zero-order valence-electron chi connectivity index (χ0n) is 25.1. The summed E-state index contributed by atoms with van der Waals surface area (Å²) in [6.07, 6.45) is 0.372. The Morgan fingerprint density at radius 1 is 0.757 bits per heavy atom. The Kier molecular flexibility index (Phi) is 10.2. The van der Waals surface area contributed by atoms with Crippen molar-refractivity contribution in [3.05, 3.63) is 60.7 Å². The first kappa shape index (κ1) is 31.5. The quantitative estimate of drug-likeness (QED) is 0.241. The van der Waals surface area contributed by atoms with Gasteiger partial charge in [0.25, 0.3) is 8.32 Å². The smallest absolute Gasteiger partial charge is 0.311 e. The van der Waals surface area contributed by atoms with E-state index in [0.29, 0.717) is 13.0 Å². The van der Waals surface area contributed by atoms with E-state index in [1.807, 2.05) is 32.9 Å². The fourth-order valence-corrected chi connectivity index (χ4v) is 9.93. The van der Waals surface area contributed by atoms with Gasteiger partial charge in [-0.1, -0.05) is 102 Å². The third kappa shape index (κ3) is 7.88. The Balaban J connectivity index is 2.50. The van der Waals surface area contributed by atoms with Gasteiger partial charge in [-0.3, -0.25) is 4.79 Å². The summed E-state index contributed by atoms with van der Waals surface area (Å²) in [4.78, 5) is 12.7. The molecule has 2 rings (SSSR count). The Morgan fingerprint density at radius 2 is 1.22 bits per heavy atom. The summed E-state index contributed by atoms with van der Waals surface area (Å²) in [5, 5.41) is 2.39. The summed E-state index contributed by atoms with van der Waals surface area (Å²) in [5.74, 6) is -0.214. The third-order valence-electron chi connectivity index (χ3n) is 7.48. The first-order valence-corrected chi connectivity index (χ1v) is 18.3. The van der Waals surface area contributed by atoms with Gasteiger partial charge in [0.1, 0.15) is 6.61 Å². The van der Waals surface area contributed by atoms with E-state index in [0.717, 1.165) is 0 Å². The molecule has 0 aliphatic carbocycles. The second kappa shape index (κ2) is 12.0. The Bertz CT molecular complexity index is 944. The number of carbonyl (C=O) groups is 1. The molecule has 0 spiro atoms. The van der Waals surface area contributed by atoms with Crippen LogP contribution in [0.1, 0.15) is 68.7 Å². The van der Waals surface area contributed by atoms with Crippen molar-refractivity contribution >= 4 is 33.0 Å². The molecule has 2 aromatic carbocycles. The second-order valence-electron chi connectivity index (χ2n) is 13.6. The molecule has 0 amide bonds. The van der Waals surface area contributed by atoms with E-state index in [1.165, 1.54) is 10.4 Å². The van der Waals surface area contributed by atoms with Gasteiger partial charge in [0.05, 0.1) is 11.5 Å². The summed E-state index contributed by atoms with van der Waals surface area (Å²) in [6, 6.07) is 21.2. The molecule has 4 nitrogen and oxygen atoms in total. The minimum atomic E-state index is -2.80. The number of ether oxygens (including phenoxy) is 1. The fourth-order valence-electron chi connectivity index (χ4n) is 4.16. The monoisotopic (exact) mass is 542 g/mol. The third-order valence-corrected chi connectivity index (χ3v) is 17.1. The highest BCUT2D eigenvalue weighted by atomic mass is 28.4. The van der Waals surface area contributed by atoms with Crippen molar-refractivity contribution in [1.29, 1.82) is 0 Å². The predicted octanol–water partition coefficient (Wildman–Crippen LogP) is 6.93. The molecule has 1 atom stereocenters. The van der Waals surface area contributed by atoms with Gasteiger partial charge in [-0.2, -0.15) is 0 Å². The van der Waals surface area contributed by atoms with Gasteiger partial charge in [0, 0.05) is 6.61 Å². The topological polar surface area (TPSA) is 44.8 Å². The minimum absolute atomic E-state index is 0.125. The number of carbonyl (C=O) groups excluding carboxylic acids is 1. The average Bonchev–Trinajstić information content (AvgIpc) is 2.79. The normalized spacial score (nSPS) is 14.4. The average molecular weight is 543 g/mol. The molecule has 0 N–H and O–H groups in total. The Morgan fingerprint density at radius 3 is 1.59 bits per heavy atom. The van der Waals surface area contributed by atoms with Gasteiger partial charge < -0.3 is 13.6 Å². The molecule has 0 aliphatic heterocycles. The lowest BCUT2D eigenvalue weighted by Gasteiger charge is -2.45. The molecule has 0 saturated heterocycles. The van der Waals surface area contributed by atoms with E-state index in [9.17, 15) is 4.79 Å². The van der Waals surface area contributed by atoms with Crippen LogP contribution in [0.2, 0.25) is 23.2 Å².